The number of hydrogen-bond acceptors (Lipinski definition) is 3. The third-order valence-electron chi connectivity index (χ3n) is 3.92. The first-order valence-corrected chi connectivity index (χ1v) is 10.2. The molecule has 3 aromatic carbocycles. The van der Waals surface area contributed by atoms with Gasteiger partial charge in [0.2, 0.25) is 5.91 Å². The number of nitrogens with zero attached hydrogens (tertiary/aromatic N) is 1. The molecule has 0 spiro atoms. The van der Waals surface area contributed by atoms with Crippen LogP contribution in [-0.4, -0.2) is 20.9 Å². The minimum Gasteiger partial charge on any atom is -0.322 e. The van der Waals surface area contributed by atoms with Crippen LogP contribution in [0, 0.1) is 11.6 Å². The van der Waals surface area contributed by atoms with Gasteiger partial charge in [0.15, 0.2) is 0 Å². The molecule has 0 saturated carbocycles. The summed E-state index contributed by atoms with van der Waals surface area (Å²) in [4.78, 5) is 12.5. The number of rotatable bonds is 6. The van der Waals surface area contributed by atoms with Crippen molar-refractivity contribution in [3.63, 3.8) is 0 Å². The second-order valence-electron chi connectivity index (χ2n) is 5.98. The van der Waals surface area contributed by atoms with E-state index < -0.39 is 34.1 Å². The van der Waals surface area contributed by atoms with E-state index in [4.69, 9.17) is 11.6 Å². The first kappa shape index (κ1) is 20.8. The Balaban J connectivity index is 1.94. The van der Waals surface area contributed by atoms with Crippen LogP contribution in [0.15, 0.2) is 77.7 Å². The van der Waals surface area contributed by atoms with Crippen molar-refractivity contribution in [2.75, 3.05) is 16.2 Å². The molecule has 150 valence electrons. The topological polar surface area (TPSA) is 66.5 Å². The lowest BCUT2D eigenvalue weighted by atomic mass is 10.3. The molecule has 9 heteroatoms. The number of benzene rings is 3. The molecule has 3 rings (SSSR count). The molecule has 0 radical (unpaired) electrons. The Morgan fingerprint density at radius 2 is 1.69 bits per heavy atom. The summed E-state index contributed by atoms with van der Waals surface area (Å²) in [6.07, 6.45) is 0. The van der Waals surface area contributed by atoms with Gasteiger partial charge in [-0.1, -0.05) is 35.9 Å². The highest BCUT2D eigenvalue weighted by Crippen LogP contribution is 2.26. The maximum atomic E-state index is 13.8. The molecule has 3 aromatic rings. The second-order valence-corrected chi connectivity index (χ2v) is 8.28. The number of hydrogen-bond donors (Lipinski definition) is 1. The molecular formula is C20H15ClF2N2O3S. The smallest absolute Gasteiger partial charge is 0.264 e. The number of sulfonamides is 1. The molecule has 0 saturated heterocycles. The third kappa shape index (κ3) is 4.90. The summed E-state index contributed by atoms with van der Waals surface area (Å²) in [6.45, 7) is -0.644. The van der Waals surface area contributed by atoms with E-state index >= 15 is 0 Å². The van der Waals surface area contributed by atoms with Gasteiger partial charge in [0, 0.05) is 11.1 Å². The van der Waals surface area contributed by atoms with Gasteiger partial charge in [0.25, 0.3) is 10.0 Å². The minimum atomic E-state index is -4.11. The Kier molecular flexibility index (Phi) is 6.14. The largest absolute Gasteiger partial charge is 0.322 e. The van der Waals surface area contributed by atoms with Crippen molar-refractivity contribution in [1.29, 1.82) is 0 Å². The summed E-state index contributed by atoms with van der Waals surface area (Å²) in [7, 11) is -4.11. The molecule has 0 bridgehead atoms. The van der Waals surface area contributed by atoms with Crippen molar-refractivity contribution in [3.8, 4) is 0 Å². The average Bonchev–Trinajstić information content (AvgIpc) is 2.69. The van der Waals surface area contributed by atoms with E-state index in [-0.39, 0.29) is 21.3 Å². The van der Waals surface area contributed by atoms with E-state index in [0.717, 1.165) is 16.4 Å². The van der Waals surface area contributed by atoms with Crippen LogP contribution in [0.4, 0.5) is 20.2 Å². The van der Waals surface area contributed by atoms with Gasteiger partial charge in [-0.15, -0.1) is 0 Å². The molecule has 0 unspecified atom stereocenters. The predicted octanol–water partition coefficient (Wildman–Crippen LogP) is 4.45. The van der Waals surface area contributed by atoms with Crippen molar-refractivity contribution >= 4 is 38.9 Å². The van der Waals surface area contributed by atoms with Gasteiger partial charge >= 0.3 is 0 Å². The van der Waals surface area contributed by atoms with Gasteiger partial charge in [-0.05, 0) is 42.5 Å². The molecule has 0 aliphatic rings. The van der Waals surface area contributed by atoms with Crippen molar-refractivity contribution < 1.29 is 22.0 Å². The Morgan fingerprint density at radius 3 is 2.34 bits per heavy atom. The zero-order chi connectivity index (χ0) is 21.0. The molecule has 0 atom stereocenters. The highest BCUT2D eigenvalue weighted by Gasteiger charge is 2.27. The molecule has 0 aliphatic carbocycles. The van der Waals surface area contributed by atoms with E-state index in [0.29, 0.717) is 6.07 Å². The van der Waals surface area contributed by atoms with Gasteiger partial charge in [0.1, 0.15) is 18.2 Å². The molecule has 1 N–H and O–H groups in total. The summed E-state index contributed by atoms with van der Waals surface area (Å²) in [5, 5.41) is 2.53. The van der Waals surface area contributed by atoms with E-state index in [1.807, 2.05) is 0 Å². The number of anilines is 2. The molecule has 0 heterocycles. The number of carbonyl (C=O) groups excluding carboxylic acids is 1. The Morgan fingerprint density at radius 1 is 0.966 bits per heavy atom. The van der Waals surface area contributed by atoms with Gasteiger partial charge in [-0.2, -0.15) is 0 Å². The van der Waals surface area contributed by atoms with Crippen LogP contribution in [0.1, 0.15) is 0 Å². The van der Waals surface area contributed by atoms with Crippen LogP contribution in [0.5, 0.6) is 0 Å². The van der Waals surface area contributed by atoms with E-state index in [2.05, 4.69) is 5.32 Å². The monoisotopic (exact) mass is 436 g/mol. The molecule has 0 fully saturated rings. The summed E-state index contributed by atoms with van der Waals surface area (Å²) < 4.78 is 54.0. The van der Waals surface area contributed by atoms with Crippen LogP contribution in [0.25, 0.3) is 0 Å². The number of amides is 1. The molecule has 1 amide bonds. The lowest BCUT2D eigenvalue weighted by Crippen LogP contribution is -2.38. The highest BCUT2D eigenvalue weighted by atomic mass is 35.5. The quantitative estimate of drug-likeness (QED) is 0.620. The van der Waals surface area contributed by atoms with Crippen molar-refractivity contribution in [3.05, 3.63) is 89.5 Å². The lowest BCUT2D eigenvalue weighted by molar-refractivity contribution is -0.114. The Labute approximate surface area is 171 Å². The van der Waals surface area contributed by atoms with Gasteiger partial charge < -0.3 is 5.32 Å². The Hall–Kier alpha value is -2.97. The normalized spacial score (nSPS) is 11.1. The van der Waals surface area contributed by atoms with Crippen molar-refractivity contribution in [1.82, 2.24) is 0 Å². The van der Waals surface area contributed by atoms with E-state index in [1.165, 1.54) is 24.3 Å². The first-order chi connectivity index (χ1) is 13.8. The van der Waals surface area contributed by atoms with Crippen molar-refractivity contribution in [2.45, 2.75) is 4.90 Å². The fourth-order valence-corrected chi connectivity index (χ4v) is 4.20. The number of halogens is 3. The zero-order valence-electron chi connectivity index (χ0n) is 14.8. The number of nitrogens with one attached hydrogen (secondary N) is 1. The minimum absolute atomic E-state index is 0.0271. The Bertz CT molecular complexity index is 1140. The molecule has 29 heavy (non-hydrogen) atoms. The molecule has 0 aromatic heterocycles. The predicted molar refractivity (Wildman–Crippen MR) is 107 cm³/mol. The maximum Gasteiger partial charge on any atom is 0.264 e. The fourth-order valence-electron chi connectivity index (χ4n) is 2.58. The van der Waals surface area contributed by atoms with Crippen LogP contribution < -0.4 is 9.62 Å². The van der Waals surface area contributed by atoms with Gasteiger partial charge in [-0.3, -0.25) is 9.10 Å². The van der Waals surface area contributed by atoms with Crippen LogP contribution >= 0.6 is 11.6 Å². The molecular weight excluding hydrogens is 422 g/mol. The van der Waals surface area contributed by atoms with E-state index in [1.54, 1.807) is 30.3 Å². The molecule has 5 nitrogen and oxygen atoms in total. The fraction of sp³-hybridized carbons (Fsp3) is 0.0500. The van der Waals surface area contributed by atoms with Crippen LogP contribution in [-0.2, 0) is 14.8 Å². The third-order valence-corrected chi connectivity index (χ3v) is 5.94. The molecule has 0 aliphatic heterocycles. The highest BCUT2D eigenvalue weighted by molar-refractivity contribution is 7.92. The van der Waals surface area contributed by atoms with Gasteiger partial charge in [-0.25, -0.2) is 17.2 Å². The summed E-state index contributed by atoms with van der Waals surface area (Å²) >= 11 is 5.98. The SMILES string of the molecule is O=C(CN(c1cccc(Cl)c1)S(=O)(=O)c1ccccc1)Nc1ccc(F)cc1F. The maximum absolute atomic E-state index is 13.8. The summed E-state index contributed by atoms with van der Waals surface area (Å²) in [5.74, 6) is -2.58. The summed E-state index contributed by atoms with van der Waals surface area (Å²) in [6, 6.07) is 16.2. The van der Waals surface area contributed by atoms with Crippen molar-refractivity contribution in [2.24, 2.45) is 0 Å². The summed E-state index contributed by atoms with van der Waals surface area (Å²) in [5.41, 5.74) is -0.101. The first-order valence-electron chi connectivity index (χ1n) is 8.35. The van der Waals surface area contributed by atoms with Crippen LogP contribution in [0.2, 0.25) is 5.02 Å². The standard InChI is InChI=1S/C20H15ClF2N2O3S/c21-14-5-4-6-16(11-14)25(29(27,28)17-7-2-1-3-8-17)13-20(26)24-19-10-9-15(22)12-18(19)23/h1-12H,13H2,(H,24,26). The van der Waals surface area contributed by atoms with Crippen LogP contribution in [0.3, 0.4) is 0 Å². The van der Waals surface area contributed by atoms with Gasteiger partial charge in [0.05, 0.1) is 16.3 Å². The lowest BCUT2D eigenvalue weighted by Gasteiger charge is -2.24. The van der Waals surface area contributed by atoms with E-state index in [9.17, 15) is 22.0 Å². The second kappa shape index (κ2) is 8.59. The zero-order valence-corrected chi connectivity index (χ0v) is 16.4. The average molecular weight is 437 g/mol. The number of carbonyl (C=O) groups is 1.